The van der Waals surface area contributed by atoms with Crippen LogP contribution in [0.4, 0.5) is 0 Å². The highest BCUT2D eigenvalue weighted by Crippen LogP contribution is 2.38. The fourth-order valence-electron chi connectivity index (χ4n) is 10.5. The maximum Gasteiger partial charge on any atom is 0.268 e. The van der Waals surface area contributed by atoms with Crippen LogP contribution >= 0.6 is 7.82 Å². The van der Waals surface area contributed by atoms with Crippen LogP contribution in [-0.4, -0.2) is 68.5 Å². The quantitative estimate of drug-likeness (QED) is 0.0272. The molecule has 3 atom stereocenters. The number of nitrogens with zero attached hydrogens (tertiary/aromatic N) is 1. The molecular weight excluding hydrogens is 1030 g/mol. The SMILES string of the molecule is CC/C=C\C/C=C\C/C=C\C/C=C\CCCCCCCCCCCCCCCCCCCCCCCCCCCCCCC(=O)NC(COP(=O)([O-])OCC[N+](C)(C)C)C(O)/C=C/CC/C=C/CCCCCCCCCCCCCCC. The van der Waals surface area contributed by atoms with Crippen molar-refractivity contribution in [3.8, 4) is 0 Å². The second-order valence-corrected chi connectivity index (χ2v) is 26.6. The Hall–Kier alpha value is -2.06. The average Bonchev–Trinajstić information content (AvgIpc) is 3.47. The van der Waals surface area contributed by atoms with Crippen molar-refractivity contribution in [3.63, 3.8) is 0 Å². The summed E-state index contributed by atoms with van der Waals surface area (Å²) < 4.78 is 23.4. The van der Waals surface area contributed by atoms with Gasteiger partial charge in [-0.2, -0.15) is 0 Å². The molecule has 0 spiro atoms. The number of allylic oxidation sites excluding steroid dienone is 11. The van der Waals surface area contributed by atoms with Gasteiger partial charge in [0.2, 0.25) is 5.91 Å². The maximum atomic E-state index is 13.0. The van der Waals surface area contributed by atoms with Gasteiger partial charge in [0.25, 0.3) is 7.82 Å². The summed E-state index contributed by atoms with van der Waals surface area (Å²) in [6.07, 6.45) is 89.0. The lowest BCUT2D eigenvalue weighted by Gasteiger charge is -2.29. The number of carbonyl (C=O) groups excluding carboxylic acids is 1. The highest BCUT2D eigenvalue weighted by molar-refractivity contribution is 7.45. The largest absolute Gasteiger partial charge is 0.756 e. The summed E-state index contributed by atoms with van der Waals surface area (Å²) in [4.78, 5) is 25.6. The number of hydrogen-bond acceptors (Lipinski definition) is 6. The first-order valence-electron chi connectivity index (χ1n) is 35.3. The first kappa shape index (κ1) is 79.9. The first-order valence-corrected chi connectivity index (χ1v) is 36.8. The molecule has 0 bridgehead atoms. The van der Waals surface area contributed by atoms with E-state index in [4.69, 9.17) is 9.05 Å². The van der Waals surface area contributed by atoms with E-state index in [1.807, 2.05) is 27.2 Å². The molecule has 0 heterocycles. The number of phosphoric acid groups is 1. The molecule has 3 unspecified atom stereocenters. The minimum atomic E-state index is -4.61. The van der Waals surface area contributed by atoms with Crippen LogP contribution in [0.2, 0.25) is 0 Å². The summed E-state index contributed by atoms with van der Waals surface area (Å²) in [6.45, 7) is 4.55. The van der Waals surface area contributed by atoms with Gasteiger partial charge in [-0.05, 0) is 70.6 Å². The normalized spacial score (nSPS) is 14.1. The molecule has 0 aliphatic rings. The molecular formula is C73H137N2O6P. The lowest BCUT2D eigenvalue weighted by atomic mass is 10.0. The average molecular weight is 1170 g/mol. The summed E-state index contributed by atoms with van der Waals surface area (Å²) >= 11 is 0. The van der Waals surface area contributed by atoms with Crippen LogP contribution in [0.3, 0.4) is 0 Å². The molecule has 2 N–H and O–H groups in total. The molecule has 9 heteroatoms. The molecule has 0 aliphatic carbocycles. The molecule has 1 amide bonds. The minimum Gasteiger partial charge on any atom is -0.756 e. The van der Waals surface area contributed by atoms with Gasteiger partial charge in [0.15, 0.2) is 0 Å². The van der Waals surface area contributed by atoms with Crippen molar-refractivity contribution in [2.24, 2.45) is 0 Å². The maximum absolute atomic E-state index is 13.0. The van der Waals surface area contributed by atoms with Crippen molar-refractivity contribution in [2.75, 3.05) is 40.9 Å². The standard InChI is InChI=1S/C73H137N2O6P/c1-6-8-10-12-14-16-18-20-22-24-26-27-28-29-30-31-32-33-34-35-36-37-38-39-40-41-42-43-44-45-46-47-49-51-53-55-57-59-61-63-65-67-73(77)74-71(70-81-82(78,79)80-69-68-75(3,4)5)72(76)66-64-62-60-58-56-54-52-50-48-25-23-21-19-17-15-13-11-9-7-2/h8,10,14,16,20,22,26-27,56,58,64,66,71-72,76H,6-7,9,11-13,15,17-19,21,23-25,28-55,57,59-63,65,67-70H2,1-5H3,(H-,74,77,78,79)/b10-8-,16-14-,22-20-,27-26-,58-56+,66-64+. The highest BCUT2D eigenvalue weighted by atomic mass is 31.2. The van der Waals surface area contributed by atoms with Crippen molar-refractivity contribution >= 4 is 13.7 Å². The molecule has 0 aromatic heterocycles. The molecule has 0 fully saturated rings. The number of aliphatic hydroxyl groups is 1. The smallest absolute Gasteiger partial charge is 0.268 e. The van der Waals surface area contributed by atoms with Crippen molar-refractivity contribution in [1.29, 1.82) is 0 Å². The second-order valence-electron chi connectivity index (χ2n) is 25.2. The fraction of sp³-hybridized carbons (Fsp3) is 0.822. The van der Waals surface area contributed by atoms with Gasteiger partial charge in [-0.3, -0.25) is 9.36 Å². The van der Waals surface area contributed by atoms with E-state index in [1.54, 1.807) is 6.08 Å². The lowest BCUT2D eigenvalue weighted by Crippen LogP contribution is -2.45. The van der Waals surface area contributed by atoms with Crippen LogP contribution in [-0.2, 0) is 18.4 Å². The Labute approximate surface area is 510 Å². The Bertz CT molecular complexity index is 1570. The molecule has 0 aromatic rings. The summed E-state index contributed by atoms with van der Waals surface area (Å²) in [7, 11) is 1.25. The predicted octanol–water partition coefficient (Wildman–Crippen LogP) is 21.9. The van der Waals surface area contributed by atoms with Crippen LogP contribution in [0, 0.1) is 0 Å². The van der Waals surface area contributed by atoms with Gasteiger partial charge in [0.05, 0.1) is 39.9 Å². The van der Waals surface area contributed by atoms with Gasteiger partial charge in [-0.15, -0.1) is 0 Å². The number of nitrogens with one attached hydrogen (secondary N) is 1. The van der Waals surface area contributed by atoms with Crippen LogP contribution in [0.1, 0.15) is 335 Å². The molecule has 0 saturated heterocycles. The molecule has 0 saturated carbocycles. The summed E-state index contributed by atoms with van der Waals surface area (Å²) in [5.74, 6) is -0.202. The second kappa shape index (κ2) is 63.4. The Morgan fingerprint density at radius 1 is 0.439 bits per heavy atom. The molecule has 480 valence electrons. The third kappa shape index (κ3) is 65.5. The molecule has 82 heavy (non-hydrogen) atoms. The summed E-state index contributed by atoms with van der Waals surface area (Å²) in [6, 6.07) is -0.904. The number of amides is 1. The number of phosphoric ester groups is 1. The predicted molar refractivity (Wildman–Crippen MR) is 357 cm³/mol. The number of hydrogen-bond donors (Lipinski definition) is 2. The van der Waals surface area contributed by atoms with E-state index in [9.17, 15) is 19.4 Å². The molecule has 0 radical (unpaired) electrons. The number of rotatable bonds is 65. The fourth-order valence-corrected chi connectivity index (χ4v) is 11.2. The van der Waals surface area contributed by atoms with Crippen molar-refractivity contribution in [1.82, 2.24) is 5.32 Å². The lowest BCUT2D eigenvalue weighted by molar-refractivity contribution is -0.870. The van der Waals surface area contributed by atoms with Crippen LogP contribution < -0.4 is 10.2 Å². The number of aliphatic hydroxyl groups excluding tert-OH is 1. The Morgan fingerprint density at radius 3 is 1.13 bits per heavy atom. The van der Waals surface area contributed by atoms with E-state index < -0.39 is 26.6 Å². The van der Waals surface area contributed by atoms with Gasteiger partial charge >= 0.3 is 0 Å². The van der Waals surface area contributed by atoms with Gasteiger partial charge < -0.3 is 28.8 Å². The Morgan fingerprint density at radius 2 is 0.756 bits per heavy atom. The van der Waals surface area contributed by atoms with Crippen molar-refractivity contribution < 1.29 is 32.9 Å². The van der Waals surface area contributed by atoms with Crippen LogP contribution in [0.15, 0.2) is 72.9 Å². The van der Waals surface area contributed by atoms with Crippen LogP contribution in [0.25, 0.3) is 0 Å². The first-order chi connectivity index (χ1) is 40.0. The van der Waals surface area contributed by atoms with E-state index in [-0.39, 0.29) is 12.5 Å². The zero-order valence-corrected chi connectivity index (χ0v) is 55.8. The Balaban J connectivity index is 3.92. The zero-order valence-electron chi connectivity index (χ0n) is 54.9. The topological polar surface area (TPSA) is 108 Å². The number of quaternary nitrogens is 1. The van der Waals surface area contributed by atoms with E-state index in [0.717, 1.165) is 64.2 Å². The third-order valence-corrected chi connectivity index (χ3v) is 16.9. The monoisotopic (exact) mass is 1170 g/mol. The van der Waals surface area contributed by atoms with Gasteiger partial charge in [-0.25, -0.2) is 0 Å². The van der Waals surface area contributed by atoms with Gasteiger partial charge in [-0.1, -0.05) is 331 Å². The number of likely N-dealkylation sites (N-methyl/N-ethyl adjacent to an activating group) is 1. The van der Waals surface area contributed by atoms with Crippen LogP contribution in [0.5, 0.6) is 0 Å². The van der Waals surface area contributed by atoms with E-state index in [1.165, 1.54) is 250 Å². The third-order valence-electron chi connectivity index (χ3n) is 15.9. The molecule has 0 rings (SSSR count). The highest BCUT2D eigenvalue weighted by Gasteiger charge is 2.23. The molecule has 8 nitrogen and oxygen atoms in total. The molecule has 0 aliphatic heterocycles. The van der Waals surface area contributed by atoms with Gasteiger partial charge in [0.1, 0.15) is 13.2 Å². The van der Waals surface area contributed by atoms with E-state index >= 15 is 0 Å². The van der Waals surface area contributed by atoms with Crippen molar-refractivity contribution in [3.05, 3.63) is 72.9 Å². The molecule has 0 aromatic carbocycles. The van der Waals surface area contributed by atoms with Gasteiger partial charge in [0, 0.05) is 6.42 Å². The minimum absolute atomic E-state index is 0.00563. The van der Waals surface area contributed by atoms with Crippen molar-refractivity contribution in [2.45, 2.75) is 347 Å². The van der Waals surface area contributed by atoms with E-state index in [2.05, 4.69) is 79.9 Å². The summed E-state index contributed by atoms with van der Waals surface area (Å²) in [5, 5.41) is 13.9. The van der Waals surface area contributed by atoms with E-state index in [0.29, 0.717) is 17.4 Å². The number of unbranched alkanes of at least 4 members (excludes halogenated alkanes) is 42. The zero-order chi connectivity index (χ0) is 59.8. The Kier molecular flexibility index (Phi) is 61.8. The summed E-state index contributed by atoms with van der Waals surface area (Å²) in [5.41, 5.74) is 0. The number of carbonyl (C=O) groups is 1.